The molecule has 1 amide bonds. The first kappa shape index (κ1) is 15.0. The smallest absolute Gasteiger partial charge is 0.408 e. The van der Waals surface area contributed by atoms with E-state index < -0.39 is 17.7 Å². The highest BCUT2D eigenvalue weighted by molar-refractivity contribution is 7.10. The number of aromatic nitrogens is 1. The van der Waals surface area contributed by atoms with E-state index in [4.69, 9.17) is 9.84 Å². The van der Waals surface area contributed by atoms with Gasteiger partial charge in [-0.15, -0.1) is 11.3 Å². The number of nitrogens with one attached hydrogen (secondary N) is 1. The summed E-state index contributed by atoms with van der Waals surface area (Å²) in [5.74, 6) is 4.24. The maximum Gasteiger partial charge on any atom is 0.408 e. The van der Waals surface area contributed by atoms with E-state index in [9.17, 15) is 9.59 Å². The minimum atomic E-state index is -1.09. The zero-order valence-electron chi connectivity index (χ0n) is 10.8. The number of thiazole rings is 1. The molecule has 0 spiro atoms. The standard InChI is InChI=1S/C12H14N2O4S/c1-12(2,3)18-11(17)13-6-4-5-9-14-8(7-19-9)10(15)16/h7H,6H2,1-3H3,(H,13,17)(H,15,16). The Morgan fingerprint density at radius 3 is 2.74 bits per heavy atom. The summed E-state index contributed by atoms with van der Waals surface area (Å²) in [6.07, 6.45) is -0.549. The quantitative estimate of drug-likeness (QED) is 0.806. The fourth-order valence-corrected chi connectivity index (χ4v) is 1.64. The molecule has 0 aromatic carbocycles. The van der Waals surface area contributed by atoms with Crippen LogP contribution in [-0.2, 0) is 4.74 Å². The number of carboxylic acid groups (broad SMARTS) is 1. The normalized spacial score (nSPS) is 10.3. The molecule has 0 atom stereocenters. The molecule has 0 aliphatic carbocycles. The van der Waals surface area contributed by atoms with Gasteiger partial charge in [-0.1, -0.05) is 5.92 Å². The molecule has 1 aromatic rings. The molecule has 0 saturated carbocycles. The van der Waals surface area contributed by atoms with Gasteiger partial charge in [-0.25, -0.2) is 14.6 Å². The predicted octanol–water partition coefficient (Wildman–Crippen LogP) is 1.72. The monoisotopic (exact) mass is 282 g/mol. The van der Waals surface area contributed by atoms with Crippen LogP contribution in [0.25, 0.3) is 0 Å². The topological polar surface area (TPSA) is 88.5 Å². The molecule has 7 heteroatoms. The fourth-order valence-electron chi connectivity index (χ4n) is 0.980. The van der Waals surface area contributed by atoms with E-state index in [0.717, 1.165) is 11.3 Å². The van der Waals surface area contributed by atoms with Crippen molar-refractivity contribution in [2.75, 3.05) is 6.54 Å². The van der Waals surface area contributed by atoms with Crippen molar-refractivity contribution in [3.8, 4) is 11.8 Å². The summed E-state index contributed by atoms with van der Waals surface area (Å²) < 4.78 is 5.02. The second-order valence-electron chi connectivity index (χ2n) is 4.50. The number of aromatic carboxylic acids is 1. The molecule has 102 valence electrons. The molecule has 0 fully saturated rings. The number of carbonyl (C=O) groups is 2. The lowest BCUT2D eigenvalue weighted by Gasteiger charge is -2.18. The number of alkyl carbamates (subject to hydrolysis) is 1. The van der Waals surface area contributed by atoms with Crippen LogP contribution < -0.4 is 5.32 Å². The Hall–Kier alpha value is -2.07. The largest absolute Gasteiger partial charge is 0.476 e. The van der Waals surface area contributed by atoms with Gasteiger partial charge in [-0.05, 0) is 26.7 Å². The molecule has 1 heterocycles. The van der Waals surface area contributed by atoms with Gasteiger partial charge in [-0.3, -0.25) is 0 Å². The van der Waals surface area contributed by atoms with Crippen LogP contribution in [0.1, 0.15) is 36.3 Å². The minimum Gasteiger partial charge on any atom is -0.476 e. The van der Waals surface area contributed by atoms with Crippen molar-refractivity contribution in [3.63, 3.8) is 0 Å². The summed E-state index contributed by atoms with van der Waals surface area (Å²) in [6, 6.07) is 0. The second-order valence-corrected chi connectivity index (χ2v) is 5.36. The number of amides is 1. The van der Waals surface area contributed by atoms with E-state index in [1.54, 1.807) is 20.8 Å². The highest BCUT2D eigenvalue weighted by atomic mass is 32.1. The van der Waals surface area contributed by atoms with E-state index in [2.05, 4.69) is 22.1 Å². The third-order valence-corrected chi connectivity index (χ3v) is 2.40. The van der Waals surface area contributed by atoms with Gasteiger partial charge in [0.15, 0.2) is 10.7 Å². The summed E-state index contributed by atoms with van der Waals surface area (Å²) in [5.41, 5.74) is -0.585. The number of carbonyl (C=O) groups excluding carboxylic acids is 1. The molecule has 6 nitrogen and oxygen atoms in total. The summed E-state index contributed by atoms with van der Waals surface area (Å²) in [6.45, 7) is 5.40. The van der Waals surface area contributed by atoms with Crippen LogP contribution in [0.5, 0.6) is 0 Å². The number of hydrogen-bond donors (Lipinski definition) is 2. The van der Waals surface area contributed by atoms with E-state index >= 15 is 0 Å². The molecule has 1 rings (SSSR count). The van der Waals surface area contributed by atoms with Gasteiger partial charge < -0.3 is 15.2 Å². The third kappa shape index (κ3) is 5.88. The van der Waals surface area contributed by atoms with Crippen molar-refractivity contribution >= 4 is 23.4 Å². The average molecular weight is 282 g/mol. The highest BCUT2D eigenvalue weighted by Crippen LogP contribution is 2.08. The predicted molar refractivity (Wildman–Crippen MR) is 70.2 cm³/mol. The minimum absolute atomic E-state index is 0.0330. The van der Waals surface area contributed by atoms with Crippen molar-refractivity contribution in [1.29, 1.82) is 0 Å². The van der Waals surface area contributed by atoms with Crippen molar-refractivity contribution in [1.82, 2.24) is 10.3 Å². The number of nitrogens with zero attached hydrogens (tertiary/aromatic N) is 1. The maximum absolute atomic E-state index is 11.3. The lowest BCUT2D eigenvalue weighted by molar-refractivity contribution is 0.0534. The van der Waals surface area contributed by atoms with Crippen molar-refractivity contribution in [2.45, 2.75) is 26.4 Å². The molecule has 0 radical (unpaired) electrons. The van der Waals surface area contributed by atoms with E-state index in [1.165, 1.54) is 5.38 Å². The highest BCUT2D eigenvalue weighted by Gasteiger charge is 2.15. The SMILES string of the molecule is CC(C)(C)OC(=O)NCC#Cc1nc(C(=O)O)cs1. The van der Waals surface area contributed by atoms with E-state index in [0.29, 0.717) is 5.01 Å². The van der Waals surface area contributed by atoms with E-state index in [-0.39, 0.29) is 12.2 Å². The molecule has 0 aliphatic rings. The molecule has 0 bridgehead atoms. The number of carboxylic acids is 1. The molecule has 1 aromatic heterocycles. The number of ether oxygens (including phenoxy) is 1. The fraction of sp³-hybridized carbons (Fsp3) is 0.417. The molecule has 2 N–H and O–H groups in total. The molecule has 0 unspecified atom stereocenters. The van der Waals surface area contributed by atoms with Crippen molar-refractivity contribution in [2.24, 2.45) is 0 Å². The Labute approximate surface area is 114 Å². The molecular weight excluding hydrogens is 268 g/mol. The summed E-state index contributed by atoms with van der Waals surface area (Å²) >= 11 is 1.14. The van der Waals surface area contributed by atoms with Crippen LogP contribution >= 0.6 is 11.3 Å². The summed E-state index contributed by atoms with van der Waals surface area (Å²) in [5, 5.41) is 12.9. The van der Waals surface area contributed by atoms with Gasteiger partial charge >= 0.3 is 12.1 Å². The van der Waals surface area contributed by atoms with Crippen LogP contribution in [-0.4, -0.2) is 34.3 Å². The Balaban J connectivity index is 2.43. The Bertz CT molecular complexity index is 534. The van der Waals surface area contributed by atoms with Crippen molar-refractivity contribution < 1.29 is 19.4 Å². The molecule has 19 heavy (non-hydrogen) atoms. The Morgan fingerprint density at radius 2 is 2.21 bits per heavy atom. The molecule has 0 saturated heterocycles. The Morgan fingerprint density at radius 1 is 1.53 bits per heavy atom. The van der Waals surface area contributed by atoms with Crippen LogP contribution in [0.15, 0.2) is 5.38 Å². The van der Waals surface area contributed by atoms with Gasteiger partial charge in [0.05, 0.1) is 6.54 Å². The summed E-state index contributed by atoms with van der Waals surface area (Å²) in [7, 11) is 0. The average Bonchev–Trinajstić information content (AvgIpc) is 2.70. The first-order valence-corrected chi connectivity index (χ1v) is 6.30. The maximum atomic E-state index is 11.3. The lowest BCUT2D eigenvalue weighted by Crippen LogP contribution is -2.32. The number of rotatable bonds is 2. The van der Waals surface area contributed by atoms with Crippen LogP contribution in [0.3, 0.4) is 0 Å². The zero-order chi connectivity index (χ0) is 14.5. The first-order valence-electron chi connectivity index (χ1n) is 5.42. The first-order chi connectivity index (χ1) is 8.78. The van der Waals surface area contributed by atoms with Gasteiger partial charge in [0, 0.05) is 5.38 Å². The van der Waals surface area contributed by atoms with Gasteiger partial charge in [0.25, 0.3) is 0 Å². The van der Waals surface area contributed by atoms with Gasteiger partial charge in [0.2, 0.25) is 0 Å². The molecular formula is C12H14N2O4S. The Kier molecular flexibility index (Phi) is 4.89. The van der Waals surface area contributed by atoms with Crippen LogP contribution in [0.2, 0.25) is 0 Å². The second kappa shape index (κ2) is 6.20. The van der Waals surface area contributed by atoms with Gasteiger partial charge in [-0.2, -0.15) is 0 Å². The zero-order valence-corrected chi connectivity index (χ0v) is 11.6. The van der Waals surface area contributed by atoms with Gasteiger partial charge in [0.1, 0.15) is 5.60 Å². The van der Waals surface area contributed by atoms with Crippen molar-refractivity contribution in [3.05, 3.63) is 16.1 Å². The van der Waals surface area contributed by atoms with Crippen LogP contribution in [0.4, 0.5) is 4.79 Å². The number of hydrogen-bond acceptors (Lipinski definition) is 5. The van der Waals surface area contributed by atoms with E-state index in [1.807, 2.05) is 0 Å². The third-order valence-electron chi connectivity index (χ3n) is 1.64. The lowest BCUT2D eigenvalue weighted by atomic mass is 10.2. The molecule has 0 aliphatic heterocycles. The summed E-state index contributed by atoms with van der Waals surface area (Å²) in [4.78, 5) is 25.6. The van der Waals surface area contributed by atoms with Crippen LogP contribution in [0, 0.1) is 11.8 Å².